The van der Waals surface area contributed by atoms with E-state index in [-0.39, 0.29) is 5.84 Å². The summed E-state index contributed by atoms with van der Waals surface area (Å²) in [4.78, 5) is 4.80. The van der Waals surface area contributed by atoms with Crippen LogP contribution in [0.1, 0.15) is 50.4 Å². The van der Waals surface area contributed by atoms with Crippen molar-refractivity contribution < 1.29 is 5.21 Å². The smallest absolute Gasteiger partial charge is 0.172 e. The van der Waals surface area contributed by atoms with Gasteiger partial charge in [-0.1, -0.05) is 25.9 Å². The zero-order valence-corrected chi connectivity index (χ0v) is 13.2. The Kier molecular flexibility index (Phi) is 4.91. The summed E-state index contributed by atoms with van der Waals surface area (Å²) >= 11 is 1.71. The van der Waals surface area contributed by atoms with Gasteiger partial charge in [0.25, 0.3) is 0 Å². The third-order valence-corrected chi connectivity index (χ3v) is 5.34. The van der Waals surface area contributed by atoms with Gasteiger partial charge in [0.2, 0.25) is 0 Å². The largest absolute Gasteiger partial charge is 0.409 e. The van der Waals surface area contributed by atoms with Crippen molar-refractivity contribution in [2.45, 2.75) is 56.7 Å². The van der Waals surface area contributed by atoms with Crippen molar-refractivity contribution in [3.63, 3.8) is 0 Å². The molecule has 1 aromatic rings. The Balaban J connectivity index is 2.41. The summed E-state index contributed by atoms with van der Waals surface area (Å²) in [6.07, 6.45) is 4.47. The number of nitrogens with zero attached hydrogens (tertiary/aromatic N) is 2. The van der Waals surface area contributed by atoms with E-state index in [0.717, 1.165) is 23.4 Å². The van der Waals surface area contributed by atoms with Crippen LogP contribution >= 0.6 is 11.8 Å². The van der Waals surface area contributed by atoms with Gasteiger partial charge in [0.1, 0.15) is 5.03 Å². The molecule has 3 N–H and O–H groups in total. The second-order valence-corrected chi connectivity index (χ2v) is 7.07. The Morgan fingerprint density at radius 1 is 1.35 bits per heavy atom. The maximum absolute atomic E-state index is 8.99. The predicted octanol–water partition coefficient (Wildman–Crippen LogP) is 3.19. The Morgan fingerprint density at radius 2 is 2.05 bits per heavy atom. The summed E-state index contributed by atoms with van der Waals surface area (Å²) in [6.45, 7) is 6.57. The first-order valence-corrected chi connectivity index (χ1v) is 8.08. The van der Waals surface area contributed by atoms with Crippen LogP contribution in [-0.2, 0) is 12.8 Å². The number of rotatable bonds is 4. The summed E-state index contributed by atoms with van der Waals surface area (Å²) in [7, 11) is 0. The number of oxime groups is 1. The molecule has 110 valence electrons. The van der Waals surface area contributed by atoms with Crippen LogP contribution in [-0.4, -0.2) is 21.3 Å². The van der Waals surface area contributed by atoms with Crippen LogP contribution in [0.2, 0.25) is 0 Å². The first-order chi connectivity index (χ1) is 9.52. The molecule has 20 heavy (non-hydrogen) atoms. The number of amidine groups is 1. The number of thioether (sulfide) groups is 1. The molecule has 2 rings (SSSR count). The van der Waals surface area contributed by atoms with Crippen molar-refractivity contribution in [2.75, 3.05) is 0 Å². The van der Waals surface area contributed by atoms with Crippen LogP contribution in [0.25, 0.3) is 0 Å². The highest BCUT2D eigenvalue weighted by Gasteiger charge is 2.20. The molecule has 0 radical (unpaired) electrons. The minimum atomic E-state index is 0.157. The molecule has 0 aromatic carbocycles. The molecule has 0 spiro atoms. The molecular formula is C15H23N3OS. The van der Waals surface area contributed by atoms with Crippen LogP contribution in [0.4, 0.5) is 0 Å². The Bertz CT molecular complexity index is 514. The molecule has 1 aliphatic rings. The number of hydrogen-bond acceptors (Lipinski definition) is 4. The second kappa shape index (κ2) is 6.48. The molecule has 5 heteroatoms. The lowest BCUT2D eigenvalue weighted by molar-refractivity contribution is 0.318. The van der Waals surface area contributed by atoms with E-state index in [1.165, 1.54) is 24.1 Å². The van der Waals surface area contributed by atoms with Crippen LogP contribution < -0.4 is 5.73 Å². The summed E-state index contributed by atoms with van der Waals surface area (Å²) in [5.74, 6) is 0.710. The monoisotopic (exact) mass is 293 g/mol. The second-order valence-electron chi connectivity index (χ2n) is 5.71. The lowest BCUT2D eigenvalue weighted by Gasteiger charge is -2.21. The Labute approximate surface area is 124 Å². The van der Waals surface area contributed by atoms with Crippen molar-refractivity contribution in [3.8, 4) is 0 Å². The van der Waals surface area contributed by atoms with Gasteiger partial charge in [0.15, 0.2) is 5.84 Å². The first-order valence-electron chi connectivity index (χ1n) is 7.20. The van der Waals surface area contributed by atoms with E-state index in [1.807, 2.05) is 0 Å². The molecule has 4 nitrogen and oxygen atoms in total. The maximum atomic E-state index is 8.99. The fraction of sp³-hybridized carbons (Fsp3) is 0.600. The number of aryl methyl sites for hydroxylation is 2. The highest BCUT2D eigenvalue weighted by Crippen LogP contribution is 2.32. The molecule has 1 unspecified atom stereocenters. The van der Waals surface area contributed by atoms with E-state index < -0.39 is 0 Å². The zero-order valence-electron chi connectivity index (χ0n) is 12.4. The minimum Gasteiger partial charge on any atom is -0.409 e. The predicted molar refractivity (Wildman–Crippen MR) is 83.5 cm³/mol. The van der Waals surface area contributed by atoms with E-state index >= 15 is 0 Å². The molecule has 1 aromatic heterocycles. The topological polar surface area (TPSA) is 71.5 Å². The third-order valence-electron chi connectivity index (χ3n) is 3.89. The average Bonchev–Trinajstić information content (AvgIpc) is 2.45. The molecule has 1 atom stereocenters. The number of fused-ring (bicyclic) bond motifs is 1. The van der Waals surface area contributed by atoms with Gasteiger partial charge < -0.3 is 10.9 Å². The molecule has 0 aliphatic heterocycles. The standard InChI is InChI=1S/C15H23N3OS/c1-9(2)10(3)20-15-12(14(16)18-19)8-11-6-4-5-7-13(11)17-15/h8-10,19H,4-7H2,1-3H3,(H2,16,18). The molecule has 0 amide bonds. The summed E-state index contributed by atoms with van der Waals surface area (Å²) in [5.41, 5.74) is 9.03. The number of nitrogens with two attached hydrogens (primary N) is 1. The summed E-state index contributed by atoms with van der Waals surface area (Å²) in [6, 6.07) is 2.06. The van der Waals surface area contributed by atoms with Gasteiger partial charge >= 0.3 is 0 Å². The van der Waals surface area contributed by atoms with E-state index in [2.05, 4.69) is 32.0 Å². The Morgan fingerprint density at radius 3 is 2.70 bits per heavy atom. The highest BCUT2D eigenvalue weighted by molar-refractivity contribution is 7.99. The molecule has 1 aliphatic carbocycles. The highest BCUT2D eigenvalue weighted by atomic mass is 32.2. The van der Waals surface area contributed by atoms with Crippen LogP contribution in [0.15, 0.2) is 16.2 Å². The van der Waals surface area contributed by atoms with Crippen molar-refractivity contribution in [1.82, 2.24) is 4.98 Å². The van der Waals surface area contributed by atoms with Gasteiger partial charge in [0.05, 0.1) is 5.56 Å². The SMILES string of the molecule is CC(C)C(C)Sc1nc2c(cc1C(N)=NO)CCCC2. The van der Waals surface area contributed by atoms with Gasteiger partial charge in [-0.25, -0.2) is 4.98 Å². The fourth-order valence-electron chi connectivity index (χ4n) is 2.25. The van der Waals surface area contributed by atoms with Crippen LogP contribution in [0, 0.1) is 5.92 Å². The average molecular weight is 293 g/mol. The van der Waals surface area contributed by atoms with Gasteiger partial charge in [-0.2, -0.15) is 0 Å². The molecule has 1 heterocycles. The van der Waals surface area contributed by atoms with Crippen molar-refractivity contribution in [1.29, 1.82) is 0 Å². The number of aromatic nitrogens is 1. The summed E-state index contributed by atoms with van der Waals surface area (Å²) < 4.78 is 0. The lowest BCUT2D eigenvalue weighted by atomic mass is 9.95. The Hall–Kier alpha value is -1.23. The van der Waals surface area contributed by atoms with Gasteiger partial charge in [-0.3, -0.25) is 0 Å². The normalized spacial score (nSPS) is 17.1. The number of hydrogen-bond donors (Lipinski definition) is 2. The van der Waals surface area contributed by atoms with E-state index in [4.69, 9.17) is 15.9 Å². The van der Waals surface area contributed by atoms with Crippen LogP contribution in [0.5, 0.6) is 0 Å². The van der Waals surface area contributed by atoms with E-state index in [1.54, 1.807) is 11.8 Å². The fourth-order valence-corrected chi connectivity index (χ4v) is 3.33. The van der Waals surface area contributed by atoms with Crippen molar-refractivity contribution in [3.05, 3.63) is 22.9 Å². The van der Waals surface area contributed by atoms with E-state index in [0.29, 0.717) is 11.2 Å². The maximum Gasteiger partial charge on any atom is 0.172 e. The van der Waals surface area contributed by atoms with Gasteiger partial charge in [-0.15, -0.1) is 11.8 Å². The van der Waals surface area contributed by atoms with Gasteiger partial charge in [-0.05, 0) is 43.2 Å². The molecule has 0 saturated carbocycles. The molecule has 0 bridgehead atoms. The third kappa shape index (κ3) is 3.26. The molecule has 0 saturated heterocycles. The van der Waals surface area contributed by atoms with Gasteiger partial charge in [0, 0.05) is 10.9 Å². The van der Waals surface area contributed by atoms with Crippen molar-refractivity contribution >= 4 is 17.6 Å². The van der Waals surface area contributed by atoms with Crippen molar-refractivity contribution in [2.24, 2.45) is 16.8 Å². The minimum absolute atomic E-state index is 0.157. The zero-order chi connectivity index (χ0) is 14.7. The molecule has 0 fully saturated rings. The van der Waals surface area contributed by atoms with Crippen LogP contribution in [0.3, 0.4) is 0 Å². The quantitative estimate of drug-likeness (QED) is 0.294. The lowest BCUT2D eigenvalue weighted by Crippen LogP contribution is -2.19. The first kappa shape index (κ1) is 15.2. The van der Waals surface area contributed by atoms with E-state index in [9.17, 15) is 0 Å². The molecular weight excluding hydrogens is 270 g/mol. The summed E-state index contributed by atoms with van der Waals surface area (Å²) in [5, 5.41) is 13.5. The number of pyridine rings is 1.